The molecule has 0 radical (unpaired) electrons. The number of sulfone groups is 1. The van der Waals surface area contributed by atoms with E-state index in [-0.39, 0.29) is 6.17 Å². The van der Waals surface area contributed by atoms with Gasteiger partial charge in [0.1, 0.15) is 6.33 Å². The molecule has 1 fully saturated rings. The molecular weight excluding hydrogens is 480 g/mol. The second kappa shape index (κ2) is 9.96. The van der Waals surface area contributed by atoms with Gasteiger partial charge in [0.15, 0.2) is 9.84 Å². The van der Waals surface area contributed by atoms with E-state index < -0.39 is 9.84 Å². The maximum absolute atomic E-state index is 11.8. The summed E-state index contributed by atoms with van der Waals surface area (Å²) in [4.78, 5) is 20.9. The van der Waals surface area contributed by atoms with Crippen LogP contribution in [-0.2, 0) is 22.8 Å². The second-order valence-electron chi connectivity index (χ2n) is 8.77. The van der Waals surface area contributed by atoms with Gasteiger partial charge in [-0.25, -0.2) is 28.4 Å². The van der Waals surface area contributed by atoms with E-state index in [1.165, 1.54) is 6.26 Å². The predicted molar refractivity (Wildman–Crippen MR) is 139 cm³/mol. The van der Waals surface area contributed by atoms with Crippen molar-refractivity contribution in [3.8, 4) is 11.1 Å². The van der Waals surface area contributed by atoms with Crippen LogP contribution in [0.4, 0.5) is 5.95 Å². The third-order valence-corrected chi connectivity index (χ3v) is 8.53. The van der Waals surface area contributed by atoms with E-state index in [0.717, 1.165) is 70.8 Å². The molecule has 0 spiro atoms. The first-order chi connectivity index (χ1) is 16.9. The Morgan fingerprint density at radius 1 is 1.09 bits per heavy atom. The molecule has 1 saturated heterocycles. The van der Waals surface area contributed by atoms with Crippen molar-refractivity contribution in [2.45, 2.75) is 50.2 Å². The van der Waals surface area contributed by atoms with Crippen molar-refractivity contribution in [1.29, 1.82) is 0 Å². The van der Waals surface area contributed by atoms with E-state index in [1.54, 1.807) is 29.8 Å². The first kappa shape index (κ1) is 23.8. The molecule has 1 aromatic carbocycles. The number of nitrogens with one attached hydrogen (secondary N) is 1. The zero-order valence-corrected chi connectivity index (χ0v) is 21.4. The minimum Gasteiger partial charge on any atom is -0.325 e. The molecule has 1 unspecified atom stereocenters. The van der Waals surface area contributed by atoms with Crippen LogP contribution in [0.25, 0.3) is 21.3 Å². The minimum atomic E-state index is -3.23. The van der Waals surface area contributed by atoms with Gasteiger partial charge in [-0.3, -0.25) is 5.32 Å². The first-order valence-electron chi connectivity index (χ1n) is 11.8. The quantitative estimate of drug-likeness (QED) is 0.396. The topological polar surface area (TPSA) is 101 Å². The largest absolute Gasteiger partial charge is 0.325 e. The van der Waals surface area contributed by atoms with Gasteiger partial charge in [-0.2, -0.15) is 0 Å². The van der Waals surface area contributed by atoms with Crippen LogP contribution in [0.3, 0.4) is 0 Å². The summed E-state index contributed by atoms with van der Waals surface area (Å²) >= 11 is 1.61. The third kappa shape index (κ3) is 5.05. The highest BCUT2D eigenvalue weighted by molar-refractivity contribution is 7.90. The summed E-state index contributed by atoms with van der Waals surface area (Å²) in [7, 11) is -3.23. The molecule has 0 saturated carbocycles. The Balaban J connectivity index is 1.36. The molecular formula is C25H28N6O2S2. The van der Waals surface area contributed by atoms with E-state index in [2.05, 4.69) is 42.5 Å². The van der Waals surface area contributed by atoms with Crippen LogP contribution < -0.4 is 10.2 Å². The van der Waals surface area contributed by atoms with Gasteiger partial charge in [0.2, 0.25) is 5.95 Å². The van der Waals surface area contributed by atoms with Gasteiger partial charge in [0.05, 0.1) is 27.0 Å². The molecule has 3 aromatic heterocycles. The van der Waals surface area contributed by atoms with E-state index >= 15 is 0 Å². The zero-order valence-electron chi connectivity index (χ0n) is 19.8. The molecule has 4 heterocycles. The highest BCUT2D eigenvalue weighted by Crippen LogP contribution is 2.34. The molecule has 1 aliphatic rings. The molecule has 0 bridgehead atoms. The Hall–Kier alpha value is -2.95. The van der Waals surface area contributed by atoms with Crippen LogP contribution in [0, 0.1) is 0 Å². The fraction of sp³-hybridized carbons (Fsp3) is 0.360. The highest BCUT2D eigenvalue weighted by atomic mass is 32.2. The monoisotopic (exact) mass is 508 g/mol. The maximum Gasteiger partial charge on any atom is 0.226 e. The average Bonchev–Trinajstić information content (AvgIpc) is 3.32. The van der Waals surface area contributed by atoms with E-state index in [0.29, 0.717) is 11.4 Å². The summed E-state index contributed by atoms with van der Waals surface area (Å²) in [6, 6.07) is 6.96. The number of hydrogen-bond acceptors (Lipinski definition) is 9. The minimum absolute atomic E-state index is 0.143. The van der Waals surface area contributed by atoms with Gasteiger partial charge in [-0.05, 0) is 48.9 Å². The number of hydrogen-bond donors (Lipinski definition) is 1. The van der Waals surface area contributed by atoms with Gasteiger partial charge in [0, 0.05) is 42.7 Å². The normalized spacial score (nSPS) is 16.6. The SMILES string of the molecule is CCc1cnc(N2CCCCC2NCc2ncnc3c(-c4ccc(S(C)(=O)=O)cc4)csc23)nc1. The summed E-state index contributed by atoms with van der Waals surface area (Å²) in [5.74, 6) is 0.767. The van der Waals surface area contributed by atoms with E-state index in [9.17, 15) is 8.42 Å². The van der Waals surface area contributed by atoms with Crippen LogP contribution in [0.5, 0.6) is 0 Å². The Bertz CT molecular complexity index is 1420. The molecule has 8 nitrogen and oxygen atoms in total. The van der Waals surface area contributed by atoms with Crippen LogP contribution in [0.2, 0.25) is 0 Å². The fourth-order valence-corrected chi connectivity index (χ4v) is 6.04. The number of anilines is 1. The lowest BCUT2D eigenvalue weighted by atomic mass is 10.1. The van der Waals surface area contributed by atoms with Gasteiger partial charge >= 0.3 is 0 Å². The van der Waals surface area contributed by atoms with Gasteiger partial charge < -0.3 is 4.90 Å². The van der Waals surface area contributed by atoms with E-state index in [4.69, 9.17) is 0 Å². The number of rotatable bonds is 7. The average molecular weight is 509 g/mol. The Morgan fingerprint density at radius 2 is 1.86 bits per heavy atom. The molecule has 182 valence electrons. The summed E-state index contributed by atoms with van der Waals surface area (Å²) in [6.45, 7) is 3.64. The Morgan fingerprint density at radius 3 is 2.57 bits per heavy atom. The van der Waals surface area contributed by atoms with Crippen molar-refractivity contribution in [2.75, 3.05) is 17.7 Å². The number of aryl methyl sites for hydroxylation is 1. The lowest BCUT2D eigenvalue weighted by Gasteiger charge is -2.36. The van der Waals surface area contributed by atoms with Gasteiger partial charge in [-0.15, -0.1) is 11.3 Å². The smallest absolute Gasteiger partial charge is 0.226 e. The number of nitrogens with zero attached hydrogens (tertiary/aromatic N) is 5. The molecule has 0 amide bonds. The highest BCUT2D eigenvalue weighted by Gasteiger charge is 2.25. The lowest BCUT2D eigenvalue weighted by molar-refractivity contribution is 0.387. The van der Waals surface area contributed by atoms with Crippen LogP contribution in [0.15, 0.2) is 53.3 Å². The molecule has 10 heteroatoms. The fourth-order valence-electron chi connectivity index (χ4n) is 4.39. The van der Waals surface area contributed by atoms with Gasteiger partial charge in [0.25, 0.3) is 0 Å². The molecule has 0 aliphatic carbocycles. The molecule has 1 aliphatic heterocycles. The summed E-state index contributed by atoms with van der Waals surface area (Å²) in [5.41, 5.74) is 4.89. The second-order valence-corrected chi connectivity index (χ2v) is 11.7. The number of fused-ring (bicyclic) bond motifs is 1. The van der Waals surface area contributed by atoms with Crippen molar-refractivity contribution < 1.29 is 8.42 Å². The molecule has 5 rings (SSSR count). The number of thiophene rings is 1. The number of aromatic nitrogens is 4. The van der Waals surface area contributed by atoms with Crippen molar-refractivity contribution in [1.82, 2.24) is 25.3 Å². The van der Waals surface area contributed by atoms with Crippen molar-refractivity contribution in [3.63, 3.8) is 0 Å². The maximum atomic E-state index is 11.8. The number of benzene rings is 1. The zero-order chi connectivity index (χ0) is 24.4. The van der Waals surface area contributed by atoms with Crippen molar-refractivity contribution >= 4 is 37.3 Å². The number of piperidine rings is 1. The summed E-state index contributed by atoms with van der Waals surface area (Å²) in [6.07, 6.45) is 11.0. The van der Waals surface area contributed by atoms with Crippen molar-refractivity contribution in [2.24, 2.45) is 0 Å². The van der Waals surface area contributed by atoms with Crippen LogP contribution in [0.1, 0.15) is 37.4 Å². The molecule has 35 heavy (non-hydrogen) atoms. The standard InChI is InChI=1S/C25H28N6O2S2/c1-3-17-12-27-25(28-13-17)31-11-5-4-6-22(31)26-14-21-24-23(30-16-29-21)20(15-34-24)18-7-9-19(10-8-18)35(2,32)33/h7-10,12-13,15-16,22,26H,3-6,11,14H2,1-2H3. The van der Waals surface area contributed by atoms with E-state index in [1.807, 2.05) is 24.5 Å². The summed E-state index contributed by atoms with van der Waals surface area (Å²) in [5, 5.41) is 5.74. The molecule has 4 aromatic rings. The summed E-state index contributed by atoms with van der Waals surface area (Å²) < 4.78 is 24.6. The lowest BCUT2D eigenvalue weighted by Crippen LogP contribution is -2.49. The first-order valence-corrected chi connectivity index (χ1v) is 14.5. The Kier molecular flexibility index (Phi) is 6.77. The van der Waals surface area contributed by atoms with Crippen LogP contribution in [-0.4, -0.2) is 47.3 Å². The van der Waals surface area contributed by atoms with Crippen LogP contribution >= 0.6 is 11.3 Å². The third-order valence-electron chi connectivity index (χ3n) is 6.39. The Labute approximate surface area is 209 Å². The van der Waals surface area contributed by atoms with Gasteiger partial charge in [-0.1, -0.05) is 19.1 Å². The van der Waals surface area contributed by atoms with Crippen molar-refractivity contribution in [3.05, 3.63) is 59.6 Å². The predicted octanol–water partition coefficient (Wildman–Crippen LogP) is 4.22. The molecule has 1 atom stereocenters. The molecule has 1 N–H and O–H groups in total.